The second kappa shape index (κ2) is 3.72. The number of hydrogen-bond donors (Lipinski definition) is 1. The average Bonchev–Trinajstić information content (AvgIpc) is 1.85. The van der Waals surface area contributed by atoms with Crippen molar-refractivity contribution in [2.75, 3.05) is 6.61 Å². The van der Waals surface area contributed by atoms with Crippen molar-refractivity contribution < 1.29 is 14.6 Å². The molecule has 11 heavy (non-hydrogen) atoms. The van der Waals surface area contributed by atoms with E-state index in [4.69, 9.17) is 4.74 Å². The first-order valence-corrected chi connectivity index (χ1v) is 3.78. The van der Waals surface area contributed by atoms with Gasteiger partial charge in [0.1, 0.15) is 0 Å². The van der Waals surface area contributed by atoms with Crippen molar-refractivity contribution in [3.63, 3.8) is 0 Å². The van der Waals surface area contributed by atoms with Crippen LogP contribution in [0.3, 0.4) is 0 Å². The monoisotopic (exact) mass is 160 g/mol. The minimum Gasteiger partial charge on any atom is -0.466 e. The van der Waals surface area contributed by atoms with E-state index < -0.39 is 11.5 Å². The number of carbonyl (C=O) groups excluding carboxylic acids is 1. The summed E-state index contributed by atoms with van der Waals surface area (Å²) in [4.78, 5) is 11.0. The molecule has 0 aromatic carbocycles. The zero-order valence-electron chi connectivity index (χ0n) is 7.55. The van der Waals surface area contributed by atoms with Gasteiger partial charge in [-0.05, 0) is 27.7 Å². The van der Waals surface area contributed by atoms with E-state index in [0.717, 1.165) is 0 Å². The van der Waals surface area contributed by atoms with Crippen molar-refractivity contribution in [3.8, 4) is 0 Å². The van der Waals surface area contributed by atoms with Gasteiger partial charge in [0.05, 0.1) is 18.1 Å². The molecule has 0 saturated carbocycles. The van der Waals surface area contributed by atoms with Gasteiger partial charge in [0.2, 0.25) is 0 Å². The Morgan fingerprint density at radius 2 is 2.09 bits per heavy atom. The highest BCUT2D eigenvalue weighted by Gasteiger charge is 2.29. The maximum atomic E-state index is 11.0. The Labute approximate surface area is 67.4 Å². The fourth-order valence-corrected chi connectivity index (χ4v) is 0.556. The lowest BCUT2D eigenvalue weighted by Gasteiger charge is -2.23. The predicted molar refractivity (Wildman–Crippen MR) is 42.1 cm³/mol. The molecule has 0 aliphatic heterocycles. The summed E-state index contributed by atoms with van der Waals surface area (Å²) < 4.78 is 4.73. The van der Waals surface area contributed by atoms with E-state index in [1.807, 2.05) is 0 Å². The summed E-state index contributed by atoms with van der Waals surface area (Å²) in [7, 11) is 0. The van der Waals surface area contributed by atoms with Crippen LogP contribution < -0.4 is 0 Å². The minimum absolute atomic E-state index is 0.347. The molecule has 1 N–H and O–H groups in total. The number of rotatable bonds is 3. The summed E-state index contributed by atoms with van der Waals surface area (Å²) in [5, 5.41) is 9.38. The second-order valence-electron chi connectivity index (χ2n) is 3.13. The molecule has 3 heteroatoms. The number of hydrogen-bond acceptors (Lipinski definition) is 3. The smallest absolute Gasteiger partial charge is 0.311 e. The highest BCUT2D eigenvalue weighted by molar-refractivity contribution is 5.73. The van der Waals surface area contributed by atoms with E-state index in [2.05, 4.69) is 0 Å². The number of aliphatic hydroxyl groups is 1. The highest BCUT2D eigenvalue weighted by Crippen LogP contribution is 2.16. The molecule has 0 radical (unpaired) electrons. The molecule has 66 valence electrons. The maximum absolute atomic E-state index is 11.0. The molecule has 0 rings (SSSR count). The van der Waals surface area contributed by atoms with Crippen LogP contribution in [-0.2, 0) is 9.53 Å². The van der Waals surface area contributed by atoms with Crippen molar-refractivity contribution in [2.24, 2.45) is 5.92 Å². The summed E-state index contributed by atoms with van der Waals surface area (Å²) in [6, 6.07) is 0. The van der Waals surface area contributed by atoms with Gasteiger partial charge >= 0.3 is 5.97 Å². The SMILES string of the molecule is CCOC(=O)[C@H](C)C(C)(C)O. The van der Waals surface area contributed by atoms with Gasteiger partial charge in [-0.2, -0.15) is 0 Å². The Balaban J connectivity index is 4.03. The summed E-state index contributed by atoms with van der Waals surface area (Å²) in [5.41, 5.74) is -0.994. The van der Waals surface area contributed by atoms with E-state index in [9.17, 15) is 9.90 Å². The quantitative estimate of drug-likeness (QED) is 0.625. The summed E-state index contributed by atoms with van der Waals surface area (Å²) in [6.45, 7) is 6.94. The largest absolute Gasteiger partial charge is 0.466 e. The van der Waals surface area contributed by atoms with Crippen LogP contribution in [0.15, 0.2) is 0 Å². The average molecular weight is 160 g/mol. The molecule has 0 fully saturated rings. The molecule has 1 atom stereocenters. The first-order valence-electron chi connectivity index (χ1n) is 3.78. The summed E-state index contributed by atoms with van der Waals surface area (Å²) in [6.07, 6.45) is 0. The fourth-order valence-electron chi connectivity index (χ4n) is 0.556. The summed E-state index contributed by atoms with van der Waals surface area (Å²) in [5.74, 6) is -0.817. The minimum atomic E-state index is -0.994. The zero-order valence-corrected chi connectivity index (χ0v) is 7.55. The molecule has 0 amide bonds. The van der Waals surface area contributed by atoms with Crippen LogP contribution in [-0.4, -0.2) is 23.3 Å². The summed E-state index contributed by atoms with van der Waals surface area (Å²) >= 11 is 0. The van der Waals surface area contributed by atoms with Gasteiger partial charge in [-0.25, -0.2) is 0 Å². The van der Waals surface area contributed by atoms with Crippen molar-refractivity contribution >= 4 is 5.97 Å². The third-order valence-corrected chi connectivity index (χ3v) is 1.70. The second-order valence-corrected chi connectivity index (χ2v) is 3.13. The van der Waals surface area contributed by atoms with Crippen LogP contribution in [0.1, 0.15) is 27.7 Å². The number of carbonyl (C=O) groups is 1. The van der Waals surface area contributed by atoms with Gasteiger partial charge in [0, 0.05) is 0 Å². The molecule has 0 aromatic rings. The molecule has 0 saturated heterocycles. The van der Waals surface area contributed by atoms with Gasteiger partial charge < -0.3 is 9.84 Å². The van der Waals surface area contributed by atoms with Gasteiger partial charge in [0.25, 0.3) is 0 Å². The van der Waals surface area contributed by atoms with E-state index in [1.165, 1.54) is 0 Å². The Morgan fingerprint density at radius 1 is 1.64 bits per heavy atom. The normalized spacial score (nSPS) is 14.3. The lowest BCUT2D eigenvalue weighted by atomic mass is 9.93. The molecule has 0 aliphatic rings. The number of ether oxygens (including phenoxy) is 1. The third-order valence-electron chi connectivity index (χ3n) is 1.70. The molecular weight excluding hydrogens is 144 g/mol. The van der Waals surface area contributed by atoms with Gasteiger partial charge in [-0.1, -0.05) is 0 Å². The molecule has 0 bridgehead atoms. The van der Waals surface area contributed by atoms with Crippen LogP contribution >= 0.6 is 0 Å². The lowest BCUT2D eigenvalue weighted by Crippen LogP contribution is -2.35. The van der Waals surface area contributed by atoms with Crippen LogP contribution in [0.25, 0.3) is 0 Å². The molecule has 0 heterocycles. The van der Waals surface area contributed by atoms with Crippen molar-refractivity contribution in [3.05, 3.63) is 0 Å². The number of esters is 1. The zero-order chi connectivity index (χ0) is 9.07. The maximum Gasteiger partial charge on any atom is 0.311 e. The van der Waals surface area contributed by atoms with Crippen LogP contribution in [0, 0.1) is 5.92 Å². The Morgan fingerprint density at radius 3 is 2.36 bits per heavy atom. The van der Waals surface area contributed by atoms with Crippen molar-refractivity contribution in [2.45, 2.75) is 33.3 Å². The van der Waals surface area contributed by atoms with Crippen molar-refractivity contribution in [1.29, 1.82) is 0 Å². The standard InChI is InChI=1S/C8H16O3/c1-5-11-7(9)6(2)8(3,4)10/h6,10H,5H2,1-4H3/t6-/m0/s1. The van der Waals surface area contributed by atoms with Crippen LogP contribution in [0.5, 0.6) is 0 Å². The van der Waals surface area contributed by atoms with Gasteiger partial charge in [0.15, 0.2) is 0 Å². The molecule has 0 unspecified atom stereocenters. The molecular formula is C8H16O3. The molecule has 0 aliphatic carbocycles. The highest BCUT2D eigenvalue weighted by atomic mass is 16.5. The Hall–Kier alpha value is -0.570. The third kappa shape index (κ3) is 3.37. The Kier molecular flexibility index (Phi) is 3.52. The van der Waals surface area contributed by atoms with E-state index in [1.54, 1.807) is 27.7 Å². The van der Waals surface area contributed by atoms with Crippen LogP contribution in [0.2, 0.25) is 0 Å². The van der Waals surface area contributed by atoms with Crippen LogP contribution in [0.4, 0.5) is 0 Å². The van der Waals surface area contributed by atoms with E-state index in [-0.39, 0.29) is 5.97 Å². The van der Waals surface area contributed by atoms with E-state index >= 15 is 0 Å². The topological polar surface area (TPSA) is 46.5 Å². The molecule has 0 aromatic heterocycles. The lowest BCUT2D eigenvalue weighted by molar-refractivity contribution is -0.154. The van der Waals surface area contributed by atoms with Gasteiger partial charge in [-0.3, -0.25) is 4.79 Å². The predicted octanol–water partition coefficient (Wildman–Crippen LogP) is 0.956. The van der Waals surface area contributed by atoms with E-state index in [0.29, 0.717) is 6.61 Å². The first-order chi connectivity index (χ1) is 4.89. The van der Waals surface area contributed by atoms with Crippen molar-refractivity contribution in [1.82, 2.24) is 0 Å². The Bertz CT molecular complexity index is 135. The first kappa shape index (κ1) is 10.4. The molecule has 0 spiro atoms. The fraction of sp³-hybridized carbons (Fsp3) is 0.875. The van der Waals surface area contributed by atoms with Gasteiger partial charge in [-0.15, -0.1) is 0 Å². The molecule has 3 nitrogen and oxygen atoms in total.